The van der Waals surface area contributed by atoms with Gasteiger partial charge in [-0.1, -0.05) is 42.3 Å². The van der Waals surface area contributed by atoms with Gasteiger partial charge in [0.1, 0.15) is 0 Å². The van der Waals surface area contributed by atoms with Crippen molar-refractivity contribution in [1.29, 1.82) is 0 Å². The van der Waals surface area contributed by atoms with E-state index in [9.17, 15) is 4.79 Å². The third-order valence-electron chi connectivity index (χ3n) is 3.88. The van der Waals surface area contributed by atoms with Crippen LogP contribution in [-0.2, 0) is 11.3 Å². The summed E-state index contributed by atoms with van der Waals surface area (Å²) in [6.45, 7) is 3.80. The maximum atomic E-state index is 12.3. The number of likely N-dealkylation sites (N-methyl/N-ethyl adjacent to an activating group) is 1. The third-order valence-corrected chi connectivity index (χ3v) is 4.44. The Morgan fingerprint density at radius 3 is 2.36 bits per heavy atom. The van der Waals surface area contributed by atoms with Gasteiger partial charge >= 0.3 is 0 Å². The minimum Gasteiger partial charge on any atom is -0.378 e. The standard InChI is InChI=1S/C19H23Cl2N3O/c1-4-24(12-14-5-8-16(9-6-14)23(2)3)13-19(25)22-18-11-15(20)7-10-17(18)21/h5-11H,4,12-13H2,1-3H3,(H,22,25). The van der Waals surface area contributed by atoms with Crippen molar-refractivity contribution in [3.05, 3.63) is 58.1 Å². The van der Waals surface area contributed by atoms with Crippen LogP contribution in [0.4, 0.5) is 11.4 Å². The fraction of sp³-hybridized carbons (Fsp3) is 0.316. The first-order valence-electron chi connectivity index (χ1n) is 8.12. The molecule has 0 fully saturated rings. The van der Waals surface area contributed by atoms with E-state index < -0.39 is 0 Å². The van der Waals surface area contributed by atoms with Gasteiger partial charge in [0.2, 0.25) is 5.91 Å². The Kier molecular flexibility index (Phi) is 7.12. The van der Waals surface area contributed by atoms with E-state index in [1.165, 1.54) is 5.56 Å². The summed E-state index contributed by atoms with van der Waals surface area (Å²) in [6.07, 6.45) is 0. The van der Waals surface area contributed by atoms with Gasteiger partial charge in [0.15, 0.2) is 0 Å². The highest BCUT2D eigenvalue weighted by molar-refractivity contribution is 6.35. The van der Waals surface area contributed by atoms with Crippen molar-refractivity contribution in [2.45, 2.75) is 13.5 Å². The average Bonchev–Trinajstić information content (AvgIpc) is 2.58. The van der Waals surface area contributed by atoms with Gasteiger partial charge in [-0.05, 0) is 42.4 Å². The van der Waals surface area contributed by atoms with E-state index in [0.717, 1.165) is 12.2 Å². The molecule has 0 unspecified atom stereocenters. The zero-order valence-corrected chi connectivity index (χ0v) is 16.2. The monoisotopic (exact) mass is 379 g/mol. The first kappa shape index (κ1) is 19.6. The largest absolute Gasteiger partial charge is 0.378 e. The van der Waals surface area contributed by atoms with Crippen LogP contribution in [0.5, 0.6) is 0 Å². The molecular formula is C19H23Cl2N3O. The number of carbonyl (C=O) groups excluding carboxylic acids is 1. The van der Waals surface area contributed by atoms with Gasteiger partial charge in [-0.25, -0.2) is 0 Å². The molecule has 0 aromatic heterocycles. The van der Waals surface area contributed by atoms with E-state index in [1.807, 2.05) is 21.0 Å². The molecule has 0 aliphatic carbocycles. The molecule has 0 saturated heterocycles. The first-order valence-corrected chi connectivity index (χ1v) is 8.88. The van der Waals surface area contributed by atoms with Crippen LogP contribution >= 0.6 is 23.2 Å². The molecule has 2 aromatic rings. The molecule has 25 heavy (non-hydrogen) atoms. The van der Waals surface area contributed by atoms with E-state index in [4.69, 9.17) is 23.2 Å². The van der Waals surface area contributed by atoms with Gasteiger partial charge in [-0.15, -0.1) is 0 Å². The molecule has 134 valence electrons. The Morgan fingerprint density at radius 2 is 1.76 bits per heavy atom. The van der Waals surface area contributed by atoms with Gasteiger partial charge in [0, 0.05) is 31.4 Å². The van der Waals surface area contributed by atoms with Crippen molar-refractivity contribution in [3.63, 3.8) is 0 Å². The average molecular weight is 380 g/mol. The maximum Gasteiger partial charge on any atom is 0.238 e. The minimum absolute atomic E-state index is 0.115. The van der Waals surface area contributed by atoms with E-state index in [2.05, 4.69) is 39.4 Å². The fourth-order valence-corrected chi connectivity index (χ4v) is 2.76. The normalized spacial score (nSPS) is 10.8. The van der Waals surface area contributed by atoms with Crippen molar-refractivity contribution < 1.29 is 4.79 Å². The maximum absolute atomic E-state index is 12.3. The second-order valence-electron chi connectivity index (χ2n) is 6.04. The Morgan fingerprint density at radius 1 is 1.08 bits per heavy atom. The minimum atomic E-state index is -0.115. The lowest BCUT2D eigenvalue weighted by molar-refractivity contribution is -0.117. The molecule has 2 aromatic carbocycles. The number of anilines is 2. The van der Waals surface area contributed by atoms with Crippen LogP contribution < -0.4 is 10.2 Å². The summed E-state index contributed by atoms with van der Waals surface area (Å²) in [5.74, 6) is -0.115. The zero-order chi connectivity index (χ0) is 18.4. The molecule has 2 rings (SSSR count). The third kappa shape index (κ3) is 5.92. The molecule has 0 bridgehead atoms. The summed E-state index contributed by atoms with van der Waals surface area (Å²) in [6, 6.07) is 13.3. The lowest BCUT2D eigenvalue weighted by Gasteiger charge is -2.21. The second kappa shape index (κ2) is 9.09. The van der Waals surface area contributed by atoms with E-state index in [-0.39, 0.29) is 12.5 Å². The van der Waals surface area contributed by atoms with Gasteiger partial charge in [-0.3, -0.25) is 9.69 Å². The predicted octanol–water partition coefficient (Wildman–Crippen LogP) is 4.52. The van der Waals surface area contributed by atoms with Crippen LogP contribution in [0.2, 0.25) is 10.0 Å². The highest BCUT2D eigenvalue weighted by Gasteiger charge is 2.12. The lowest BCUT2D eigenvalue weighted by atomic mass is 10.2. The topological polar surface area (TPSA) is 35.6 Å². The predicted molar refractivity (Wildman–Crippen MR) is 107 cm³/mol. The van der Waals surface area contributed by atoms with Crippen molar-refractivity contribution in [3.8, 4) is 0 Å². The van der Waals surface area contributed by atoms with E-state index >= 15 is 0 Å². The zero-order valence-electron chi connectivity index (χ0n) is 14.7. The number of halogens is 2. The highest BCUT2D eigenvalue weighted by atomic mass is 35.5. The molecule has 0 saturated carbocycles. The Bertz CT molecular complexity index is 717. The smallest absolute Gasteiger partial charge is 0.238 e. The molecule has 4 nitrogen and oxygen atoms in total. The Hall–Kier alpha value is -1.75. The molecule has 6 heteroatoms. The van der Waals surface area contributed by atoms with Crippen LogP contribution in [0.1, 0.15) is 12.5 Å². The van der Waals surface area contributed by atoms with Gasteiger partial charge in [0.05, 0.1) is 17.3 Å². The van der Waals surface area contributed by atoms with Crippen molar-refractivity contribution in [2.75, 3.05) is 37.4 Å². The number of amides is 1. The number of nitrogens with one attached hydrogen (secondary N) is 1. The van der Waals surface area contributed by atoms with Crippen LogP contribution in [0, 0.1) is 0 Å². The summed E-state index contributed by atoms with van der Waals surface area (Å²) in [5.41, 5.74) is 2.85. The van der Waals surface area contributed by atoms with Crippen molar-refractivity contribution in [2.24, 2.45) is 0 Å². The SMILES string of the molecule is CCN(CC(=O)Nc1cc(Cl)ccc1Cl)Cc1ccc(N(C)C)cc1. The number of carbonyl (C=O) groups is 1. The van der Waals surface area contributed by atoms with Crippen LogP contribution in [0.25, 0.3) is 0 Å². The number of benzene rings is 2. The molecule has 0 heterocycles. The van der Waals surface area contributed by atoms with Crippen molar-refractivity contribution >= 4 is 40.5 Å². The molecule has 1 N–H and O–H groups in total. The van der Waals surface area contributed by atoms with E-state index in [1.54, 1.807) is 18.2 Å². The number of nitrogens with zero attached hydrogens (tertiary/aromatic N) is 2. The summed E-state index contributed by atoms with van der Waals surface area (Å²) in [4.78, 5) is 16.4. The highest BCUT2D eigenvalue weighted by Crippen LogP contribution is 2.25. The molecular weight excluding hydrogens is 357 g/mol. The van der Waals surface area contributed by atoms with Gasteiger partial charge in [-0.2, -0.15) is 0 Å². The fourth-order valence-electron chi connectivity index (χ4n) is 2.42. The molecule has 0 atom stereocenters. The molecule has 1 amide bonds. The van der Waals surface area contributed by atoms with Gasteiger partial charge < -0.3 is 10.2 Å². The lowest BCUT2D eigenvalue weighted by Crippen LogP contribution is -2.32. The summed E-state index contributed by atoms with van der Waals surface area (Å²) >= 11 is 12.0. The number of hydrogen-bond acceptors (Lipinski definition) is 3. The first-order chi connectivity index (χ1) is 11.9. The number of rotatable bonds is 7. The Balaban J connectivity index is 1.96. The molecule has 0 radical (unpaired) electrons. The summed E-state index contributed by atoms with van der Waals surface area (Å²) < 4.78 is 0. The van der Waals surface area contributed by atoms with Crippen LogP contribution in [-0.4, -0.2) is 38.0 Å². The molecule has 0 aliphatic heterocycles. The van der Waals surface area contributed by atoms with E-state index in [0.29, 0.717) is 22.3 Å². The van der Waals surface area contributed by atoms with Crippen LogP contribution in [0.15, 0.2) is 42.5 Å². The quantitative estimate of drug-likeness (QED) is 0.767. The molecule has 0 spiro atoms. The Labute approximate surface area is 159 Å². The van der Waals surface area contributed by atoms with Crippen molar-refractivity contribution in [1.82, 2.24) is 4.90 Å². The molecule has 0 aliphatic rings. The van der Waals surface area contributed by atoms with Gasteiger partial charge in [0.25, 0.3) is 0 Å². The summed E-state index contributed by atoms with van der Waals surface area (Å²) in [7, 11) is 4.03. The summed E-state index contributed by atoms with van der Waals surface area (Å²) in [5, 5.41) is 3.83. The second-order valence-corrected chi connectivity index (χ2v) is 6.88. The number of hydrogen-bond donors (Lipinski definition) is 1. The van der Waals surface area contributed by atoms with Crippen LogP contribution in [0.3, 0.4) is 0 Å².